The van der Waals surface area contributed by atoms with Crippen molar-refractivity contribution in [2.24, 2.45) is 0 Å². The maximum Gasteiger partial charge on any atom is 0.470 e. The van der Waals surface area contributed by atoms with Gasteiger partial charge < -0.3 is 14.1 Å². The molecule has 158 valence electrons. The van der Waals surface area contributed by atoms with E-state index in [1.54, 1.807) is 14.2 Å². The van der Waals surface area contributed by atoms with Crippen molar-refractivity contribution in [3.8, 4) is 17.0 Å². The Balaban J connectivity index is 1.34. The summed E-state index contributed by atoms with van der Waals surface area (Å²) >= 11 is 0. The minimum atomic E-state index is -4.63. The van der Waals surface area contributed by atoms with Crippen LogP contribution in [0.25, 0.3) is 11.3 Å². The van der Waals surface area contributed by atoms with Crippen molar-refractivity contribution in [3.63, 3.8) is 0 Å². The molecule has 0 aliphatic carbocycles. The smallest absolute Gasteiger partial charge is 0.470 e. The van der Waals surface area contributed by atoms with E-state index in [2.05, 4.69) is 24.8 Å². The van der Waals surface area contributed by atoms with Crippen LogP contribution in [-0.4, -0.2) is 58.6 Å². The number of benzene rings is 1. The normalized spacial score (nSPS) is 14.8. The van der Waals surface area contributed by atoms with E-state index in [-0.39, 0.29) is 18.5 Å². The van der Waals surface area contributed by atoms with Gasteiger partial charge in [0.1, 0.15) is 5.75 Å². The number of aromatic nitrogens is 4. The molecule has 3 aromatic rings. The maximum absolute atomic E-state index is 12.6. The van der Waals surface area contributed by atoms with Gasteiger partial charge in [-0.05, 0) is 31.3 Å². The Morgan fingerprint density at radius 1 is 1.10 bits per heavy atom. The first-order valence-corrected chi connectivity index (χ1v) is 9.17. The first kappa shape index (κ1) is 20.1. The molecule has 1 fully saturated rings. The highest BCUT2D eigenvalue weighted by molar-refractivity contribution is 5.67. The number of likely N-dealkylation sites (N-methyl/N-ethyl adjacent to an activating group) is 1. The summed E-state index contributed by atoms with van der Waals surface area (Å²) in [4.78, 5) is 3.91. The molecule has 1 aliphatic rings. The minimum Gasteiger partial charge on any atom is -0.496 e. The van der Waals surface area contributed by atoms with Gasteiger partial charge in [0.05, 0.1) is 19.3 Å². The Labute approximate surface area is 170 Å². The van der Waals surface area contributed by atoms with Gasteiger partial charge >= 0.3 is 12.1 Å². The van der Waals surface area contributed by atoms with Crippen molar-refractivity contribution >= 4 is 5.82 Å². The Morgan fingerprint density at radius 2 is 1.87 bits per heavy atom. The predicted molar refractivity (Wildman–Crippen MR) is 101 cm³/mol. The third-order valence-electron chi connectivity index (χ3n) is 4.94. The van der Waals surface area contributed by atoms with Crippen LogP contribution < -0.4 is 9.64 Å². The third-order valence-corrected chi connectivity index (χ3v) is 4.94. The fraction of sp³-hybridized carbons (Fsp3) is 0.368. The predicted octanol–water partition coefficient (Wildman–Crippen LogP) is 2.87. The largest absolute Gasteiger partial charge is 0.496 e. The van der Waals surface area contributed by atoms with Crippen molar-refractivity contribution in [2.75, 3.05) is 32.1 Å². The summed E-state index contributed by atoms with van der Waals surface area (Å²) in [6, 6.07) is 11.5. The minimum absolute atomic E-state index is 0.0655. The molecule has 0 atom stereocenters. The molecule has 0 unspecified atom stereocenters. The van der Waals surface area contributed by atoms with Crippen LogP contribution in [0.5, 0.6) is 5.75 Å². The van der Waals surface area contributed by atoms with Crippen LogP contribution in [0.2, 0.25) is 0 Å². The van der Waals surface area contributed by atoms with Crippen molar-refractivity contribution < 1.29 is 22.3 Å². The summed E-state index contributed by atoms with van der Waals surface area (Å²) in [7, 11) is 3.41. The van der Waals surface area contributed by atoms with E-state index in [4.69, 9.17) is 4.74 Å². The van der Waals surface area contributed by atoms with Gasteiger partial charge in [0.2, 0.25) is 5.89 Å². The highest BCUT2D eigenvalue weighted by Gasteiger charge is 2.38. The van der Waals surface area contributed by atoms with Crippen LogP contribution >= 0.6 is 0 Å². The lowest BCUT2D eigenvalue weighted by Gasteiger charge is -2.44. The zero-order valence-electron chi connectivity index (χ0n) is 16.3. The van der Waals surface area contributed by atoms with E-state index in [0.29, 0.717) is 18.8 Å². The molecular formula is C19H19F3N6O2. The standard InChI is InChI=1S/C19H19F3N6O2/c1-27(11-17-25-26-18(30-17)19(20,21)22)12-9-28(10-12)16-8-7-14(23-24-16)13-5-3-4-6-15(13)29-2/h3-8,12H,9-11H2,1-2H3. The van der Waals surface area contributed by atoms with Gasteiger partial charge in [-0.15, -0.1) is 20.4 Å². The van der Waals surface area contributed by atoms with Crippen LogP contribution in [0.3, 0.4) is 0 Å². The number of hydrogen-bond acceptors (Lipinski definition) is 8. The average molecular weight is 420 g/mol. The second kappa shape index (κ2) is 7.90. The Hall–Kier alpha value is -3.21. The highest BCUT2D eigenvalue weighted by atomic mass is 19.4. The first-order valence-electron chi connectivity index (χ1n) is 9.17. The molecule has 0 bridgehead atoms. The number of rotatable bonds is 6. The zero-order chi connectivity index (χ0) is 21.3. The number of methoxy groups -OCH3 is 1. The molecule has 30 heavy (non-hydrogen) atoms. The summed E-state index contributed by atoms with van der Waals surface area (Å²) in [5.74, 6) is 0.0612. The van der Waals surface area contributed by atoms with E-state index in [1.165, 1.54) is 0 Å². The molecule has 1 saturated heterocycles. The van der Waals surface area contributed by atoms with E-state index >= 15 is 0 Å². The van der Waals surface area contributed by atoms with Gasteiger partial charge in [0.25, 0.3) is 0 Å². The molecule has 0 radical (unpaired) electrons. The van der Waals surface area contributed by atoms with Gasteiger partial charge in [0, 0.05) is 24.7 Å². The van der Waals surface area contributed by atoms with E-state index in [0.717, 1.165) is 17.1 Å². The van der Waals surface area contributed by atoms with Gasteiger partial charge in [-0.2, -0.15) is 13.2 Å². The molecule has 11 heteroatoms. The van der Waals surface area contributed by atoms with Crippen LogP contribution in [0, 0.1) is 0 Å². The van der Waals surface area contributed by atoms with Crippen molar-refractivity contribution in [1.82, 2.24) is 25.3 Å². The summed E-state index contributed by atoms with van der Waals surface area (Å²) < 4.78 is 47.7. The number of hydrogen-bond donors (Lipinski definition) is 0. The lowest BCUT2D eigenvalue weighted by atomic mass is 10.1. The molecular weight excluding hydrogens is 401 g/mol. The summed E-state index contributed by atoms with van der Waals surface area (Å²) in [5.41, 5.74) is 1.57. The Kier molecular flexibility index (Phi) is 5.29. The van der Waals surface area contributed by atoms with E-state index in [1.807, 2.05) is 46.2 Å². The SMILES string of the molecule is COc1ccccc1-c1ccc(N2CC(N(C)Cc3nnc(C(F)(F)F)o3)C2)nn1. The molecule has 0 spiro atoms. The third kappa shape index (κ3) is 4.06. The molecule has 0 saturated carbocycles. The number of alkyl halides is 3. The second-order valence-corrected chi connectivity index (χ2v) is 6.95. The topological polar surface area (TPSA) is 80.4 Å². The van der Waals surface area contributed by atoms with Crippen molar-refractivity contribution in [3.05, 3.63) is 48.2 Å². The van der Waals surface area contributed by atoms with E-state index < -0.39 is 12.1 Å². The molecule has 4 rings (SSSR count). The van der Waals surface area contributed by atoms with Gasteiger partial charge in [-0.25, -0.2) is 0 Å². The van der Waals surface area contributed by atoms with Gasteiger partial charge in [-0.1, -0.05) is 12.1 Å². The van der Waals surface area contributed by atoms with E-state index in [9.17, 15) is 13.2 Å². The fourth-order valence-corrected chi connectivity index (χ4v) is 3.19. The average Bonchev–Trinajstić information content (AvgIpc) is 3.16. The monoisotopic (exact) mass is 420 g/mol. The lowest BCUT2D eigenvalue weighted by molar-refractivity contribution is -0.157. The molecule has 2 aromatic heterocycles. The van der Waals surface area contributed by atoms with Crippen LogP contribution in [-0.2, 0) is 12.7 Å². The fourth-order valence-electron chi connectivity index (χ4n) is 3.19. The van der Waals surface area contributed by atoms with Gasteiger partial charge in [-0.3, -0.25) is 4.90 Å². The molecule has 0 N–H and O–H groups in total. The van der Waals surface area contributed by atoms with Gasteiger partial charge in [0.15, 0.2) is 5.82 Å². The summed E-state index contributed by atoms with van der Waals surface area (Å²) in [6.07, 6.45) is -4.63. The first-order chi connectivity index (χ1) is 14.3. The van der Waals surface area contributed by atoms with Crippen LogP contribution in [0.1, 0.15) is 11.8 Å². The zero-order valence-corrected chi connectivity index (χ0v) is 16.3. The lowest BCUT2D eigenvalue weighted by Crippen LogP contribution is -2.58. The summed E-state index contributed by atoms with van der Waals surface area (Å²) in [6.45, 7) is 1.47. The quantitative estimate of drug-likeness (QED) is 0.602. The highest BCUT2D eigenvalue weighted by Crippen LogP contribution is 2.30. The maximum atomic E-state index is 12.6. The van der Waals surface area contributed by atoms with Crippen LogP contribution in [0.15, 0.2) is 40.8 Å². The van der Waals surface area contributed by atoms with Crippen molar-refractivity contribution in [1.29, 1.82) is 0 Å². The summed E-state index contributed by atoms with van der Waals surface area (Å²) in [5, 5.41) is 15.1. The van der Waals surface area contributed by atoms with Crippen LogP contribution in [0.4, 0.5) is 19.0 Å². The van der Waals surface area contributed by atoms with Crippen molar-refractivity contribution in [2.45, 2.75) is 18.8 Å². The molecule has 1 aliphatic heterocycles. The Morgan fingerprint density at radius 3 is 2.50 bits per heavy atom. The number of para-hydroxylation sites is 1. The molecule has 1 aromatic carbocycles. The second-order valence-electron chi connectivity index (χ2n) is 6.95. The molecule has 3 heterocycles. The number of nitrogens with zero attached hydrogens (tertiary/aromatic N) is 6. The Bertz CT molecular complexity index is 1000. The molecule has 8 nitrogen and oxygen atoms in total. The number of halogens is 3. The molecule has 0 amide bonds. The number of anilines is 1. The number of ether oxygens (including phenoxy) is 1.